The van der Waals surface area contributed by atoms with Crippen LogP contribution in [0.2, 0.25) is 5.02 Å². The highest BCUT2D eigenvalue weighted by molar-refractivity contribution is 7.89. The minimum absolute atomic E-state index is 0.185. The third-order valence-electron chi connectivity index (χ3n) is 4.22. The van der Waals surface area contributed by atoms with Crippen LogP contribution in [0.3, 0.4) is 0 Å². The summed E-state index contributed by atoms with van der Waals surface area (Å²) in [6, 6.07) is 11.4. The first kappa shape index (κ1) is 22.2. The molecule has 0 aliphatic carbocycles. The number of ether oxygens (including phenoxy) is 1. The molecule has 152 valence electrons. The fourth-order valence-corrected chi connectivity index (χ4v) is 4.23. The van der Waals surface area contributed by atoms with Gasteiger partial charge in [0.25, 0.3) is 5.91 Å². The molecule has 1 N–H and O–H groups in total. The molecule has 1 unspecified atom stereocenters. The van der Waals surface area contributed by atoms with Gasteiger partial charge in [-0.05, 0) is 55.8 Å². The van der Waals surface area contributed by atoms with E-state index in [2.05, 4.69) is 5.32 Å². The van der Waals surface area contributed by atoms with Crippen LogP contribution in [0.4, 0.5) is 5.69 Å². The summed E-state index contributed by atoms with van der Waals surface area (Å²) in [5, 5.41) is 3.14. The molecular formula is C20H25ClN2O4S. The average molecular weight is 425 g/mol. The fourth-order valence-electron chi connectivity index (χ4n) is 2.61. The van der Waals surface area contributed by atoms with Crippen LogP contribution in [0.15, 0.2) is 47.4 Å². The first-order valence-corrected chi connectivity index (χ1v) is 10.8. The van der Waals surface area contributed by atoms with Crippen molar-refractivity contribution < 1.29 is 17.9 Å². The number of aryl methyl sites for hydroxylation is 1. The molecule has 0 saturated heterocycles. The summed E-state index contributed by atoms with van der Waals surface area (Å²) < 4.78 is 32.0. The van der Waals surface area contributed by atoms with E-state index in [1.807, 2.05) is 13.0 Å². The van der Waals surface area contributed by atoms with Gasteiger partial charge in [0.05, 0.1) is 9.92 Å². The summed E-state index contributed by atoms with van der Waals surface area (Å²) in [6.45, 7) is 7.89. The highest BCUT2D eigenvalue weighted by atomic mass is 35.5. The second kappa shape index (κ2) is 9.41. The Morgan fingerprint density at radius 3 is 2.32 bits per heavy atom. The summed E-state index contributed by atoms with van der Waals surface area (Å²) in [6.07, 6.45) is -0.779. The zero-order chi connectivity index (χ0) is 20.9. The second-order valence-electron chi connectivity index (χ2n) is 6.30. The van der Waals surface area contributed by atoms with Crippen LogP contribution >= 0.6 is 11.6 Å². The molecule has 1 atom stereocenters. The van der Waals surface area contributed by atoms with Gasteiger partial charge in [-0.25, -0.2) is 8.42 Å². The Bertz CT molecular complexity index is 926. The van der Waals surface area contributed by atoms with Gasteiger partial charge in [0, 0.05) is 18.8 Å². The Hall–Kier alpha value is -2.09. The molecule has 0 saturated carbocycles. The maximum atomic E-state index is 12.5. The highest BCUT2D eigenvalue weighted by Crippen LogP contribution is 2.26. The molecule has 2 aromatic carbocycles. The number of amides is 1. The van der Waals surface area contributed by atoms with E-state index in [0.29, 0.717) is 29.5 Å². The third-order valence-corrected chi connectivity index (χ3v) is 6.60. The Balaban J connectivity index is 2.07. The molecule has 0 spiro atoms. The van der Waals surface area contributed by atoms with E-state index in [4.69, 9.17) is 16.3 Å². The van der Waals surface area contributed by atoms with E-state index in [1.165, 1.54) is 16.4 Å². The number of carbonyl (C=O) groups is 1. The first-order chi connectivity index (χ1) is 13.2. The maximum absolute atomic E-state index is 12.5. The number of rotatable bonds is 8. The normalized spacial score (nSPS) is 12.6. The Labute approximate surface area is 171 Å². The van der Waals surface area contributed by atoms with Crippen molar-refractivity contribution in [2.45, 2.75) is 38.7 Å². The first-order valence-electron chi connectivity index (χ1n) is 9.03. The van der Waals surface area contributed by atoms with E-state index in [0.717, 1.165) is 5.56 Å². The Morgan fingerprint density at radius 2 is 1.75 bits per heavy atom. The van der Waals surface area contributed by atoms with Crippen molar-refractivity contribution in [2.75, 3.05) is 18.4 Å². The zero-order valence-corrected chi connectivity index (χ0v) is 18.0. The minimum atomic E-state index is -3.53. The van der Waals surface area contributed by atoms with Gasteiger partial charge in [-0.3, -0.25) is 4.79 Å². The molecule has 8 heteroatoms. The minimum Gasteiger partial charge on any atom is -0.479 e. The van der Waals surface area contributed by atoms with Crippen LogP contribution in [0, 0.1) is 6.92 Å². The fraction of sp³-hybridized carbons (Fsp3) is 0.350. The van der Waals surface area contributed by atoms with Gasteiger partial charge in [0.1, 0.15) is 5.75 Å². The number of anilines is 1. The number of halogens is 1. The molecule has 0 radical (unpaired) electrons. The maximum Gasteiger partial charge on any atom is 0.265 e. The Morgan fingerprint density at radius 1 is 1.14 bits per heavy atom. The predicted octanol–water partition coefficient (Wildman–Crippen LogP) is 4.08. The van der Waals surface area contributed by atoms with Gasteiger partial charge in [0.15, 0.2) is 6.10 Å². The van der Waals surface area contributed by atoms with Crippen molar-refractivity contribution in [1.82, 2.24) is 4.31 Å². The van der Waals surface area contributed by atoms with E-state index in [1.54, 1.807) is 45.0 Å². The number of nitrogens with one attached hydrogen (secondary N) is 1. The number of carbonyl (C=O) groups excluding carboxylic acids is 1. The molecule has 0 bridgehead atoms. The monoisotopic (exact) mass is 424 g/mol. The zero-order valence-electron chi connectivity index (χ0n) is 16.4. The molecule has 0 heterocycles. The van der Waals surface area contributed by atoms with Gasteiger partial charge in [-0.1, -0.05) is 31.5 Å². The standard InChI is InChI=1S/C20H25ClN2O4S/c1-5-23(6-2)28(25,26)17-10-8-16(9-11-17)22-20(24)15(4)27-19-13-14(3)7-12-18(19)21/h7-13,15H,5-6H2,1-4H3,(H,22,24). The van der Waals surface area contributed by atoms with Crippen LogP contribution in [-0.4, -0.2) is 37.8 Å². The number of nitrogens with zero attached hydrogens (tertiary/aromatic N) is 1. The van der Waals surface area contributed by atoms with E-state index < -0.39 is 16.1 Å². The molecule has 0 aliphatic rings. The van der Waals surface area contributed by atoms with Crippen LogP contribution in [0.5, 0.6) is 5.75 Å². The second-order valence-corrected chi connectivity index (χ2v) is 8.64. The van der Waals surface area contributed by atoms with E-state index in [9.17, 15) is 13.2 Å². The lowest BCUT2D eigenvalue weighted by atomic mass is 10.2. The van der Waals surface area contributed by atoms with Crippen LogP contribution in [0.25, 0.3) is 0 Å². The molecule has 6 nitrogen and oxygen atoms in total. The molecule has 0 aliphatic heterocycles. The lowest BCUT2D eigenvalue weighted by molar-refractivity contribution is -0.122. The number of hydrogen-bond donors (Lipinski definition) is 1. The van der Waals surface area contributed by atoms with Gasteiger partial charge < -0.3 is 10.1 Å². The summed E-state index contributed by atoms with van der Waals surface area (Å²) in [5.74, 6) is 0.0712. The van der Waals surface area contributed by atoms with Crippen LogP contribution in [-0.2, 0) is 14.8 Å². The van der Waals surface area contributed by atoms with Crippen molar-refractivity contribution in [3.63, 3.8) is 0 Å². The molecular weight excluding hydrogens is 400 g/mol. The number of sulfonamides is 1. The molecule has 0 aromatic heterocycles. The van der Waals surface area contributed by atoms with Crippen molar-refractivity contribution in [1.29, 1.82) is 0 Å². The van der Waals surface area contributed by atoms with Gasteiger partial charge in [-0.15, -0.1) is 0 Å². The van der Waals surface area contributed by atoms with Crippen molar-refractivity contribution in [3.8, 4) is 5.75 Å². The van der Waals surface area contributed by atoms with Gasteiger partial charge >= 0.3 is 0 Å². The highest BCUT2D eigenvalue weighted by Gasteiger charge is 2.22. The predicted molar refractivity (Wildman–Crippen MR) is 111 cm³/mol. The molecule has 2 aromatic rings. The lowest BCUT2D eigenvalue weighted by Crippen LogP contribution is -2.31. The summed E-state index contributed by atoms with van der Waals surface area (Å²) in [4.78, 5) is 12.6. The Kier molecular flexibility index (Phi) is 7.46. The third kappa shape index (κ3) is 5.25. The molecule has 2 rings (SSSR count). The largest absolute Gasteiger partial charge is 0.479 e. The quantitative estimate of drug-likeness (QED) is 0.692. The van der Waals surface area contributed by atoms with Gasteiger partial charge in [0.2, 0.25) is 10.0 Å². The SMILES string of the molecule is CCN(CC)S(=O)(=O)c1ccc(NC(=O)C(C)Oc2cc(C)ccc2Cl)cc1. The molecule has 0 fully saturated rings. The summed E-state index contributed by atoms with van der Waals surface area (Å²) in [7, 11) is -3.53. The van der Waals surface area contributed by atoms with E-state index >= 15 is 0 Å². The van der Waals surface area contributed by atoms with Crippen LogP contribution in [0.1, 0.15) is 26.3 Å². The smallest absolute Gasteiger partial charge is 0.265 e. The van der Waals surface area contributed by atoms with E-state index in [-0.39, 0.29) is 10.8 Å². The van der Waals surface area contributed by atoms with Crippen LogP contribution < -0.4 is 10.1 Å². The molecule has 1 amide bonds. The van der Waals surface area contributed by atoms with Crippen molar-refractivity contribution in [2.24, 2.45) is 0 Å². The number of hydrogen-bond acceptors (Lipinski definition) is 4. The lowest BCUT2D eigenvalue weighted by Gasteiger charge is -2.19. The van der Waals surface area contributed by atoms with Crippen molar-refractivity contribution >= 4 is 33.2 Å². The summed E-state index contributed by atoms with van der Waals surface area (Å²) >= 11 is 6.10. The number of benzene rings is 2. The average Bonchev–Trinajstić information content (AvgIpc) is 2.65. The topological polar surface area (TPSA) is 75.7 Å². The summed E-state index contributed by atoms with van der Waals surface area (Å²) in [5.41, 5.74) is 1.45. The van der Waals surface area contributed by atoms with Gasteiger partial charge in [-0.2, -0.15) is 4.31 Å². The molecule has 28 heavy (non-hydrogen) atoms. The van der Waals surface area contributed by atoms with Crippen molar-refractivity contribution in [3.05, 3.63) is 53.1 Å².